The van der Waals surface area contributed by atoms with Crippen LogP contribution in [-0.2, 0) is 16.2 Å². The number of halogens is 3. The number of aliphatic imine (C=N–C) groups is 1. The van der Waals surface area contributed by atoms with Crippen LogP contribution < -0.4 is 4.72 Å². The van der Waals surface area contributed by atoms with E-state index in [9.17, 15) is 21.6 Å². The Morgan fingerprint density at radius 1 is 1.10 bits per heavy atom. The number of sulfonamides is 1. The molecule has 0 unspecified atom stereocenters. The molecule has 1 saturated heterocycles. The van der Waals surface area contributed by atoms with Gasteiger partial charge in [-0.3, -0.25) is 9.71 Å². The highest BCUT2D eigenvalue weighted by molar-refractivity contribution is 7.92. The molecule has 1 aliphatic heterocycles. The van der Waals surface area contributed by atoms with Crippen molar-refractivity contribution in [3.63, 3.8) is 0 Å². The Balaban J connectivity index is 1.94. The van der Waals surface area contributed by atoms with Crippen LogP contribution in [0.4, 0.5) is 18.9 Å². The lowest BCUT2D eigenvalue weighted by molar-refractivity contribution is -0.137. The zero-order chi connectivity index (χ0) is 22.6. The van der Waals surface area contributed by atoms with Gasteiger partial charge in [-0.25, -0.2) is 8.42 Å². The smallest absolute Gasteiger partial charge is 0.330 e. The summed E-state index contributed by atoms with van der Waals surface area (Å²) >= 11 is 0. The Hall–Kier alpha value is -2.81. The fourth-order valence-electron chi connectivity index (χ4n) is 3.53. The lowest BCUT2D eigenvalue weighted by atomic mass is 10.1. The first-order valence-corrected chi connectivity index (χ1v) is 11.3. The largest absolute Gasteiger partial charge is 0.416 e. The van der Waals surface area contributed by atoms with Crippen molar-refractivity contribution in [3.05, 3.63) is 66.2 Å². The Bertz CT molecular complexity index is 1100. The van der Waals surface area contributed by atoms with Gasteiger partial charge in [0, 0.05) is 31.3 Å². The van der Waals surface area contributed by atoms with Crippen molar-refractivity contribution < 1.29 is 21.6 Å². The van der Waals surface area contributed by atoms with E-state index in [0.717, 1.165) is 49.7 Å². The molecule has 3 rings (SSSR count). The third-order valence-corrected chi connectivity index (χ3v) is 6.49. The molecule has 5 nitrogen and oxygen atoms in total. The number of hydrogen-bond acceptors (Lipinski definition) is 3. The van der Waals surface area contributed by atoms with Gasteiger partial charge < -0.3 is 4.90 Å². The van der Waals surface area contributed by atoms with Crippen LogP contribution in [0.1, 0.15) is 36.8 Å². The predicted molar refractivity (Wildman–Crippen MR) is 116 cm³/mol. The van der Waals surface area contributed by atoms with Crippen molar-refractivity contribution in [1.82, 2.24) is 4.90 Å². The first-order chi connectivity index (χ1) is 14.6. The van der Waals surface area contributed by atoms with Crippen LogP contribution >= 0.6 is 0 Å². The number of nitrogens with one attached hydrogen (secondary N) is 1. The molecular weight excluding hydrogens is 427 g/mol. The molecular formula is C22H24F3N3O2S. The van der Waals surface area contributed by atoms with E-state index in [2.05, 4.69) is 16.3 Å². The van der Waals surface area contributed by atoms with Gasteiger partial charge in [0.25, 0.3) is 10.0 Å². The van der Waals surface area contributed by atoms with E-state index in [1.165, 1.54) is 0 Å². The molecule has 1 heterocycles. The van der Waals surface area contributed by atoms with Crippen LogP contribution in [0.5, 0.6) is 0 Å². The van der Waals surface area contributed by atoms with Crippen molar-refractivity contribution in [2.24, 2.45) is 4.99 Å². The van der Waals surface area contributed by atoms with E-state index < -0.39 is 26.7 Å². The SMILES string of the molecule is C=C(c1ccccc1NS(=O)(=O)c1cccc(C(F)(F)F)c1)N1CCCCCC1=NC. The fraction of sp³-hybridized carbons (Fsp3) is 0.318. The van der Waals surface area contributed by atoms with Gasteiger partial charge >= 0.3 is 6.18 Å². The van der Waals surface area contributed by atoms with E-state index in [4.69, 9.17) is 0 Å². The summed E-state index contributed by atoms with van der Waals surface area (Å²) in [6, 6.07) is 10.4. The zero-order valence-corrected chi connectivity index (χ0v) is 17.9. The number of para-hydroxylation sites is 1. The summed E-state index contributed by atoms with van der Waals surface area (Å²) in [4.78, 5) is 5.87. The molecule has 166 valence electrons. The Morgan fingerprint density at radius 3 is 2.55 bits per heavy atom. The van der Waals surface area contributed by atoms with E-state index in [0.29, 0.717) is 23.9 Å². The van der Waals surface area contributed by atoms with Gasteiger partial charge in [0.2, 0.25) is 0 Å². The third-order valence-electron chi connectivity index (χ3n) is 5.13. The number of likely N-dealkylation sites (tertiary alicyclic amines) is 1. The van der Waals surface area contributed by atoms with Crippen molar-refractivity contribution in [2.45, 2.75) is 36.8 Å². The highest BCUT2D eigenvalue weighted by Crippen LogP contribution is 2.32. The summed E-state index contributed by atoms with van der Waals surface area (Å²) in [6.45, 7) is 4.87. The monoisotopic (exact) mass is 451 g/mol. The molecule has 1 fully saturated rings. The van der Waals surface area contributed by atoms with Gasteiger partial charge in [0.05, 0.1) is 16.1 Å². The highest BCUT2D eigenvalue weighted by atomic mass is 32.2. The normalized spacial score (nSPS) is 16.8. The van der Waals surface area contributed by atoms with E-state index in [-0.39, 0.29) is 5.69 Å². The molecule has 0 atom stereocenters. The summed E-state index contributed by atoms with van der Waals surface area (Å²) in [6.07, 6.45) is -0.808. The van der Waals surface area contributed by atoms with Gasteiger partial charge in [0.15, 0.2) is 0 Å². The topological polar surface area (TPSA) is 61.8 Å². The summed E-state index contributed by atoms with van der Waals surface area (Å²) in [5.41, 5.74) is 0.344. The van der Waals surface area contributed by atoms with Crippen LogP contribution in [0.2, 0.25) is 0 Å². The zero-order valence-electron chi connectivity index (χ0n) is 17.1. The standard InChI is InChI=1S/C22H24F3N3O2S/c1-16(28-14-7-3-4-13-21(28)26-2)19-11-5-6-12-20(19)27-31(29,30)18-10-8-9-17(15-18)22(23,24)25/h5-6,8-12,15,27H,1,3-4,7,13-14H2,2H3. The van der Waals surface area contributed by atoms with Gasteiger partial charge in [-0.1, -0.05) is 37.3 Å². The number of alkyl halides is 3. The second-order valence-corrected chi connectivity index (χ2v) is 8.91. The third kappa shape index (κ3) is 5.28. The average Bonchev–Trinajstić information content (AvgIpc) is 2.98. The van der Waals surface area contributed by atoms with Crippen molar-refractivity contribution in [1.29, 1.82) is 0 Å². The van der Waals surface area contributed by atoms with Crippen LogP contribution in [-0.4, -0.2) is 32.7 Å². The maximum Gasteiger partial charge on any atom is 0.416 e. The molecule has 2 aromatic rings. The average molecular weight is 452 g/mol. The first-order valence-electron chi connectivity index (χ1n) is 9.85. The molecule has 0 bridgehead atoms. The second kappa shape index (κ2) is 9.13. The number of benzene rings is 2. The fourth-order valence-corrected chi connectivity index (χ4v) is 4.65. The number of nitrogens with zero attached hydrogens (tertiary/aromatic N) is 2. The summed E-state index contributed by atoms with van der Waals surface area (Å²) in [5, 5.41) is 0. The summed E-state index contributed by atoms with van der Waals surface area (Å²) in [7, 11) is -2.54. The molecule has 0 spiro atoms. The Kier molecular flexibility index (Phi) is 6.74. The van der Waals surface area contributed by atoms with E-state index in [1.54, 1.807) is 31.3 Å². The molecule has 0 saturated carbocycles. The van der Waals surface area contributed by atoms with Crippen LogP contribution in [0.3, 0.4) is 0 Å². The van der Waals surface area contributed by atoms with Crippen LogP contribution in [0, 0.1) is 0 Å². The molecule has 1 N–H and O–H groups in total. The Labute approximate surface area is 180 Å². The minimum atomic E-state index is -4.64. The maximum absolute atomic E-state index is 13.0. The second-order valence-electron chi connectivity index (χ2n) is 7.23. The number of rotatable bonds is 5. The number of anilines is 1. The minimum Gasteiger partial charge on any atom is -0.330 e. The molecule has 2 aromatic carbocycles. The molecule has 1 aliphatic rings. The molecule has 0 aliphatic carbocycles. The molecule has 31 heavy (non-hydrogen) atoms. The van der Waals surface area contributed by atoms with Crippen LogP contribution in [0.25, 0.3) is 5.70 Å². The van der Waals surface area contributed by atoms with E-state index in [1.807, 2.05) is 4.90 Å². The minimum absolute atomic E-state index is 0.240. The van der Waals surface area contributed by atoms with Crippen molar-refractivity contribution in [2.75, 3.05) is 18.3 Å². The Morgan fingerprint density at radius 2 is 1.84 bits per heavy atom. The molecule has 0 aromatic heterocycles. The van der Waals surface area contributed by atoms with Crippen molar-refractivity contribution >= 4 is 27.2 Å². The van der Waals surface area contributed by atoms with Crippen LogP contribution in [0.15, 0.2) is 65.0 Å². The van der Waals surface area contributed by atoms with Gasteiger partial charge in [0.1, 0.15) is 5.84 Å². The molecule has 0 amide bonds. The molecule has 0 radical (unpaired) electrons. The quantitative estimate of drug-likeness (QED) is 0.664. The number of hydrogen-bond donors (Lipinski definition) is 1. The van der Waals surface area contributed by atoms with Gasteiger partial charge in [-0.15, -0.1) is 0 Å². The summed E-state index contributed by atoms with van der Waals surface area (Å²) < 4.78 is 67.2. The lowest BCUT2D eigenvalue weighted by Crippen LogP contribution is -2.29. The highest BCUT2D eigenvalue weighted by Gasteiger charge is 2.32. The maximum atomic E-state index is 13.0. The van der Waals surface area contributed by atoms with Gasteiger partial charge in [-0.05, 0) is 37.1 Å². The predicted octanol–water partition coefficient (Wildman–Crippen LogP) is 5.38. The van der Waals surface area contributed by atoms with Crippen molar-refractivity contribution in [3.8, 4) is 0 Å². The number of amidine groups is 1. The molecule has 9 heteroatoms. The van der Waals surface area contributed by atoms with E-state index >= 15 is 0 Å². The first kappa shape index (κ1) is 22.9. The van der Waals surface area contributed by atoms with Gasteiger partial charge in [-0.2, -0.15) is 13.2 Å². The summed E-state index contributed by atoms with van der Waals surface area (Å²) in [5.74, 6) is 0.873. The lowest BCUT2D eigenvalue weighted by Gasteiger charge is -2.27.